The third-order valence-corrected chi connectivity index (χ3v) is 4.30. The Morgan fingerprint density at radius 2 is 1.61 bits per heavy atom. The average Bonchev–Trinajstić information content (AvgIpc) is 2.68. The number of rotatable bonds is 8. The number of hydrogen-bond acceptors (Lipinski definition) is 5. The molecule has 0 heterocycles. The largest absolute Gasteiger partial charge is 0.497 e. The van der Waals surface area contributed by atoms with Crippen molar-refractivity contribution in [1.82, 2.24) is 0 Å². The van der Waals surface area contributed by atoms with E-state index in [1.807, 2.05) is 43.3 Å². The molecule has 0 fully saturated rings. The molecule has 2 rings (SSSR count). The average molecular weight is 385 g/mol. The van der Waals surface area contributed by atoms with Gasteiger partial charge in [0.25, 0.3) is 0 Å². The summed E-state index contributed by atoms with van der Waals surface area (Å²) < 4.78 is 10.5. The lowest BCUT2D eigenvalue weighted by atomic mass is 10.2. The van der Waals surface area contributed by atoms with Crippen LogP contribution in [0.1, 0.15) is 13.3 Å². The van der Waals surface area contributed by atoms with Crippen molar-refractivity contribution in [3.8, 4) is 11.5 Å². The standard InChI is InChI=1S/C21H27N3O4/c1-15(25)24(17-8-6-16(7-9-17)23(2)3)13-12-21(26)22-19-14-18(27-4)10-11-20(19)28-5/h6-11,14H,12-13H2,1-5H3,(H,22,26). The lowest BCUT2D eigenvalue weighted by molar-refractivity contribution is -0.117. The van der Waals surface area contributed by atoms with Crippen LogP contribution in [-0.2, 0) is 9.59 Å². The lowest BCUT2D eigenvalue weighted by Gasteiger charge is -2.22. The number of carbonyl (C=O) groups is 2. The number of anilines is 3. The highest BCUT2D eigenvalue weighted by atomic mass is 16.5. The highest BCUT2D eigenvalue weighted by Crippen LogP contribution is 2.29. The first kappa shape index (κ1) is 21.1. The van der Waals surface area contributed by atoms with E-state index in [1.54, 1.807) is 30.2 Å². The van der Waals surface area contributed by atoms with Crippen molar-refractivity contribution in [1.29, 1.82) is 0 Å². The van der Waals surface area contributed by atoms with Gasteiger partial charge in [-0.2, -0.15) is 0 Å². The summed E-state index contributed by atoms with van der Waals surface area (Å²) in [6.45, 7) is 1.76. The van der Waals surface area contributed by atoms with E-state index in [4.69, 9.17) is 9.47 Å². The molecule has 1 N–H and O–H groups in total. The third kappa shape index (κ3) is 5.39. The molecule has 2 amide bonds. The summed E-state index contributed by atoms with van der Waals surface area (Å²) in [5.74, 6) is 0.811. The van der Waals surface area contributed by atoms with Crippen molar-refractivity contribution in [3.63, 3.8) is 0 Å². The molecular weight excluding hydrogens is 358 g/mol. The van der Waals surface area contributed by atoms with Crippen LogP contribution >= 0.6 is 0 Å². The van der Waals surface area contributed by atoms with Crippen LogP contribution in [0.2, 0.25) is 0 Å². The van der Waals surface area contributed by atoms with Gasteiger partial charge >= 0.3 is 0 Å². The highest BCUT2D eigenvalue weighted by molar-refractivity contribution is 5.95. The lowest BCUT2D eigenvalue weighted by Crippen LogP contribution is -2.32. The molecule has 0 atom stereocenters. The van der Waals surface area contributed by atoms with E-state index in [1.165, 1.54) is 14.0 Å². The molecule has 0 bridgehead atoms. The molecule has 0 saturated heterocycles. The van der Waals surface area contributed by atoms with Gasteiger partial charge in [0.15, 0.2) is 0 Å². The van der Waals surface area contributed by atoms with Gasteiger partial charge in [0.1, 0.15) is 11.5 Å². The second-order valence-electron chi connectivity index (χ2n) is 6.45. The SMILES string of the molecule is COc1ccc(OC)c(NC(=O)CCN(C(C)=O)c2ccc(N(C)C)cc2)c1. The number of nitrogens with zero attached hydrogens (tertiary/aromatic N) is 2. The first-order valence-electron chi connectivity index (χ1n) is 8.93. The van der Waals surface area contributed by atoms with Crippen molar-refractivity contribution >= 4 is 28.9 Å². The zero-order valence-corrected chi connectivity index (χ0v) is 17.0. The molecule has 0 radical (unpaired) electrons. The maximum Gasteiger partial charge on any atom is 0.226 e. The maximum atomic E-state index is 12.4. The number of hydrogen-bond donors (Lipinski definition) is 1. The number of methoxy groups -OCH3 is 2. The summed E-state index contributed by atoms with van der Waals surface area (Å²) in [6, 6.07) is 12.8. The van der Waals surface area contributed by atoms with Crippen molar-refractivity contribution in [2.75, 3.05) is 50.0 Å². The van der Waals surface area contributed by atoms with E-state index >= 15 is 0 Å². The van der Waals surface area contributed by atoms with Gasteiger partial charge in [-0.15, -0.1) is 0 Å². The van der Waals surface area contributed by atoms with Gasteiger partial charge in [0.05, 0.1) is 19.9 Å². The van der Waals surface area contributed by atoms with Gasteiger partial charge in [-0.3, -0.25) is 9.59 Å². The first-order chi connectivity index (χ1) is 13.3. The fourth-order valence-corrected chi connectivity index (χ4v) is 2.74. The Balaban J connectivity index is 2.05. The van der Waals surface area contributed by atoms with E-state index in [2.05, 4.69) is 5.32 Å². The molecular formula is C21H27N3O4. The predicted octanol–water partition coefficient (Wildman–Crippen LogP) is 3.15. The molecule has 0 aliphatic carbocycles. The van der Waals surface area contributed by atoms with Gasteiger partial charge in [-0.05, 0) is 36.4 Å². The van der Waals surface area contributed by atoms with Crippen LogP contribution in [0.3, 0.4) is 0 Å². The topological polar surface area (TPSA) is 71.1 Å². The van der Waals surface area contributed by atoms with Gasteiger partial charge < -0.3 is 24.6 Å². The molecule has 7 heteroatoms. The van der Waals surface area contributed by atoms with Crippen LogP contribution in [0, 0.1) is 0 Å². The van der Waals surface area contributed by atoms with Crippen molar-refractivity contribution in [2.45, 2.75) is 13.3 Å². The molecule has 0 aliphatic heterocycles. The van der Waals surface area contributed by atoms with Crippen LogP contribution in [0.5, 0.6) is 11.5 Å². The van der Waals surface area contributed by atoms with Crippen molar-refractivity contribution in [2.24, 2.45) is 0 Å². The molecule has 0 spiro atoms. The first-order valence-corrected chi connectivity index (χ1v) is 8.93. The molecule has 2 aromatic rings. The zero-order chi connectivity index (χ0) is 20.7. The van der Waals surface area contributed by atoms with Gasteiger partial charge in [-0.25, -0.2) is 0 Å². The summed E-state index contributed by atoms with van der Waals surface area (Å²) >= 11 is 0. The molecule has 28 heavy (non-hydrogen) atoms. The Labute approximate surface area is 165 Å². The van der Waals surface area contributed by atoms with Crippen LogP contribution in [0.4, 0.5) is 17.1 Å². The number of ether oxygens (including phenoxy) is 2. The smallest absolute Gasteiger partial charge is 0.226 e. The maximum absolute atomic E-state index is 12.4. The van der Waals surface area contributed by atoms with E-state index in [9.17, 15) is 9.59 Å². The second-order valence-corrected chi connectivity index (χ2v) is 6.45. The minimum atomic E-state index is -0.220. The Hall–Kier alpha value is -3.22. The van der Waals surface area contributed by atoms with Crippen molar-refractivity contribution in [3.05, 3.63) is 42.5 Å². The Kier molecular flexibility index (Phi) is 7.26. The van der Waals surface area contributed by atoms with E-state index in [0.29, 0.717) is 17.2 Å². The fraction of sp³-hybridized carbons (Fsp3) is 0.333. The summed E-state index contributed by atoms with van der Waals surface area (Å²) in [5.41, 5.74) is 2.32. The van der Waals surface area contributed by atoms with Gasteiger partial charge in [0.2, 0.25) is 11.8 Å². The molecule has 2 aromatic carbocycles. The summed E-state index contributed by atoms with van der Waals surface area (Å²) in [5, 5.41) is 2.82. The predicted molar refractivity (Wildman–Crippen MR) is 112 cm³/mol. The highest BCUT2D eigenvalue weighted by Gasteiger charge is 2.15. The van der Waals surface area contributed by atoms with Crippen LogP contribution in [0.25, 0.3) is 0 Å². The summed E-state index contributed by atoms with van der Waals surface area (Å²) in [6.07, 6.45) is 0.148. The Morgan fingerprint density at radius 3 is 2.14 bits per heavy atom. The normalized spacial score (nSPS) is 10.2. The van der Waals surface area contributed by atoms with Gasteiger partial charge in [0, 0.05) is 51.4 Å². The minimum absolute atomic E-state index is 0.121. The number of carbonyl (C=O) groups excluding carboxylic acids is 2. The second kappa shape index (κ2) is 9.64. The molecule has 0 aromatic heterocycles. The molecule has 0 saturated carbocycles. The van der Waals surface area contributed by atoms with Crippen LogP contribution in [0.15, 0.2) is 42.5 Å². The van der Waals surface area contributed by atoms with E-state index in [0.717, 1.165) is 11.4 Å². The Morgan fingerprint density at radius 1 is 0.964 bits per heavy atom. The quantitative estimate of drug-likeness (QED) is 0.756. The zero-order valence-electron chi connectivity index (χ0n) is 17.0. The molecule has 7 nitrogen and oxygen atoms in total. The van der Waals surface area contributed by atoms with Crippen molar-refractivity contribution < 1.29 is 19.1 Å². The summed E-state index contributed by atoms with van der Waals surface area (Å²) in [7, 11) is 7.00. The summed E-state index contributed by atoms with van der Waals surface area (Å²) in [4.78, 5) is 28.1. The molecule has 0 aliphatic rings. The van der Waals surface area contributed by atoms with Crippen LogP contribution in [-0.4, -0.2) is 46.7 Å². The van der Waals surface area contributed by atoms with E-state index < -0.39 is 0 Å². The molecule has 150 valence electrons. The number of nitrogens with one attached hydrogen (secondary N) is 1. The Bertz CT molecular complexity index is 819. The van der Waals surface area contributed by atoms with Crippen LogP contribution < -0.4 is 24.6 Å². The number of amides is 2. The minimum Gasteiger partial charge on any atom is -0.497 e. The number of benzene rings is 2. The molecule has 0 unspecified atom stereocenters. The van der Waals surface area contributed by atoms with Gasteiger partial charge in [-0.1, -0.05) is 0 Å². The monoisotopic (exact) mass is 385 g/mol. The van der Waals surface area contributed by atoms with E-state index in [-0.39, 0.29) is 24.8 Å². The third-order valence-electron chi connectivity index (χ3n) is 4.30. The fourth-order valence-electron chi connectivity index (χ4n) is 2.74.